The van der Waals surface area contributed by atoms with E-state index in [2.05, 4.69) is 76.4 Å². The van der Waals surface area contributed by atoms with Gasteiger partial charge in [0.15, 0.2) is 11.8 Å². The third-order valence-electron chi connectivity index (χ3n) is 4.85. The molecule has 0 unspecified atom stereocenters. The van der Waals surface area contributed by atoms with E-state index in [9.17, 15) is 0 Å². The number of aryl methyl sites for hydroxylation is 1. The summed E-state index contributed by atoms with van der Waals surface area (Å²) in [4.78, 5) is 14.0. The Hall–Kier alpha value is -2.57. The Morgan fingerprint density at radius 2 is 1.93 bits per heavy atom. The first-order valence-electron chi connectivity index (χ1n) is 10.3. The van der Waals surface area contributed by atoms with Crippen LogP contribution in [0.5, 0.6) is 0 Å². The van der Waals surface area contributed by atoms with Crippen molar-refractivity contribution in [2.45, 2.75) is 39.5 Å². The first-order valence-corrected chi connectivity index (χ1v) is 10.3. The van der Waals surface area contributed by atoms with E-state index in [1.54, 1.807) is 0 Å². The number of hydrogen-bond donors (Lipinski definition) is 1. The molecule has 7 heteroatoms. The van der Waals surface area contributed by atoms with Crippen LogP contribution in [-0.2, 0) is 6.42 Å². The van der Waals surface area contributed by atoms with Gasteiger partial charge >= 0.3 is 0 Å². The van der Waals surface area contributed by atoms with Crippen LogP contribution < -0.4 is 10.2 Å². The fourth-order valence-electron chi connectivity index (χ4n) is 3.26. The summed E-state index contributed by atoms with van der Waals surface area (Å²) in [6.45, 7) is 11.8. The summed E-state index contributed by atoms with van der Waals surface area (Å²) < 4.78 is 5.31. The number of guanidine groups is 1. The van der Waals surface area contributed by atoms with Crippen molar-refractivity contribution in [2.24, 2.45) is 4.99 Å². The number of aliphatic imine (C=N–C) groups is 1. The SMILES string of the molecule is CCNC(=NCCCc1nc(C(C)C)no1)N1CCN(c2ccccc2)CC1. The summed E-state index contributed by atoms with van der Waals surface area (Å²) in [7, 11) is 0. The average Bonchev–Trinajstić information content (AvgIpc) is 3.20. The van der Waals surface area contributed by atoms with Gasteiger partial charge in [-0.2, -0.15) is 4.98 Å². The Labute approximate surface area is 167 Å². The van der Waals surface area contributed by atoms with Crippen molar-refractivity contribution in [2.75, 3.05) is 44.2 Å². The van der Waals surface area contributed by atoms with E-state index in [-0.39, 0.29) is 0 Å². The number of hydrogen-bond acceptors (Lipinski definition) is 5. The molecule has 2 heterocycles. The molecule has 1 saturated heterocycles. The van der Waals surface area contributed by atoms with Gasteiger partial charge in [0.05, 0.1) is 0 Å². The summed E-state index contributed by atoms with van der Waals surface area (Å²) in [6, 6.07) is 10.6. The molecule has 0 radical (unpaired) electrons. The molecule has 0 spiro atoms. The number of aromatic nitrogens is 2. The molecule has 0 aliphatic carbocycles. The molecule has 1 aromatic carbocycles. The summed E-state index contributed by atoms with van der Waals surface area (Å²) in [5.74, 6) is 2.79. The fraction of sp³-hybridized carbons (Fsp3) is 0.571. The highest BCUT2D eigenvalue weighted by Crippen LogP contribution is 2.15. The van der Waals surface area contributed by atoms with Gasteiger partial charge in [0.25, 0.3) is 0 Å². The highest BCUT2D eigenvalue weighted by Gasteiger charge is 2.19. The number of benzene rings is 1. The van der Waals surface area contributed by atoms with Crippen LogP contribution >= 0.6 is 0 Å². The first kappa shape index (κ1) is 20.2. The molecule has 3 rings (SSSR count). The molecule has 2 aromatic rings. The molecule has 152 valence electrons. The van der Waals surface area contributed by atoms with Crippen LogP contribution in [0.15, 0.2) is 39.8 Å². The second kappa shape index (κ2) is 10.1. The number of para-hydroxylation sites is 1. The largest absolute Gasteiger partial charge is 0.368 e. The van der Waals surface area contributed by atoms with Crippen LogP contribution in [0.3, 0.4) is 0 Å². The van der Waals surface area contributed by atoms with Gasteiger partial charge < -0.3 is 19.6 Å². The molecule has 1 aromatic heterocycles. The molecule has 1 fully saturated rings. The summed E-state index contributed by atoms with van der Waals surface area (Å²) in [6.07, 6.45) is 1.67. The van der Waals surface area contributed by atoms with Crippen molar-refractivity contribution in [3.8, 4) is 0 Å². The van der Waals surface area contributed by atoms with Gasteiger partial charge in [-0.05, 0) is 25.5 Å². The molecular formula is C21H32N6O. The molecule has 0 bridgehead atoms. The van der Waals surface area contributed by atoms with Gasteiger partial charge in [0, 0.05) is 57.3 Å². The highest BCUT2D eigenvalue weighted by molar-refractivity contribution is 5.80. The van der Waals surface area contributed by atoms with E-state index in [0.29, 0.717) is 11.8 Å². The van der Waals surface area contributed by atoms with Crippen LogP contribution in [0, 0.1) is 0 Å². The Balaban J connectivity index is 1.48. The van der Waals surface area contributed by atoms with Gasteiger partial charge in [0.2, 0.25) is 5.89 Å². The number of anilines is 1. The lowest BCUT2D eigenvalue weighted by atomic mass is 10.2. The lowest BCUT2D eigenvalue weighted by Gasteiger charge is -2.37. The number of nitrogens with zero attached hydrogens (tertiary/aromatic N) is 5. The number of nitrogens with one attached hydrogen (secondary N) is 1. The van der Waals surface area contributed by atoms with Gasteiger partial charge in [-0.3, -0.25) is 4.99 Å². The molecule has 7 nitrogen and oxygen atoms in total. The van der Waals surface area contributed by atoms with E-state index in [0.717, 1.165) is 63.9 Å². The lowest BCUT2D eigenvalue weighted by Crippen LogP contribution is -2.52. The van der Waals surface area contributed by atoms with E-state index >= 15 is 0 Å². The molecule has 1 N–H and O–H groups in total. The maximum absolute atomic E-state index is 5.31. The van der Waals surface area contributed by atoms with Gasteiger partial charge in [-0.15, -0.1) is 0 Å². The molecule has 0 atom stereocenters. The van der Waals surface area contributed by atoms with Crippen molar-refractivity contribution in [1.82, 2.24) is 20.4 Å². The van der Waals surface area contributed by atoms with E-state index in [4.69, 9.17) is 9.52 Å². The van der Waals surface area contributed by atoms with Crippen molar-refractivity contribution in [3.05, 3.63) is 42.0 Å². The van der Waals surface area contributed by atoms with Gasteiger partial charge in [-0.25, -0.2) is 0 Å². The monoisotopic (exact) mass is 384 g/mol. The Bertz CT molecular complexity index is 734. The molecule has 0 saturated carbocycles. The zero-order valence-corrected chi connectivity index (χ0v) is 17.3. The molecular weight excluding hydrogens is 352 g/mol. The Kier molecular flexibility index (Phi) is 7.28. The highest BCUT2D eigenvalue weighted by atomic mass is 16.5. The first-order chi connectivity index (χ1) is 13.7. The quantitative estimate of drug-likeness (QED) is 0.450. The van der Waals surface area contributed by atoms with Crippen molar-refractivity contribution < 1.29 is 4.52 Å². The van der Waals surface area contributed by atoms with Crippen LogP contribution in [0.4, 0.5) is 5.69 Å². The second-order valence-electron chi connectivity index (χ2n) is 7.35. The maximum Gasteiger partial charge on any atom is 0.226 e. The minimum Gasteiger partial charge on any atom is -0.368 e. The van der Waals surface area contributed by atoms with E-state index < -0.39 is 0 Å². The maximum atomic E-state index is 5.31. The normalized spacial score (nSPS) is 15.4. The van der Waals surface area contributed by atoms with Crippen LogP contribution in [0.1, 0.15) is 44.8 Å². The predicted molar refractivity (Wildman–Crippen MR) is 113 cm³/mol. The van der Waals surface area contributed by atoms with Crippen molar-refractivity contribution in [1.29, 1.82) is 0 Å². The number of rotatable bonds is 7. The van der Waals surface area contributed by atoms with Crippen molar-refractivity contribution >= 4 is 11.6 Å². The lowest BCUT2D eigenvalue weighted by molar-refractivity contribution is 0.366. The second-order valence-corrected chi connectivity index (χ2v) is 7.35. The minimum absolute atomic E-state index is 0.297. The van der Waals surface area contributed by atoms with Crippen LogP contribution in [0.2, 0.25) is 0 Å². The predicted octanol–water partition coefficient (Wildman–Crippen LogP) is 2.91. The summed E-state index contributed by atoms with van der Waals surface area (Å²) >= 11 is 0. The fourth-order valence-corrected chi connectivity index (χ4v) is 3.26. The Morgan fingerprint density at radius 1 is 1.18 bits per heavy atom. The topological polar surface area (TPSA) is 69.8 Å². The van der Waals surface area contributed by atoms with E-state index in [1.807, 2.05) is 0 Å². The minimum atomic E-state index is 0.297. The van der Waals surface area contributed by atoms with Crippen LogP contribution in [-0.4, -0.2) is 60.3 Å². The average molecular weight is 385 g/mol. The summed E-state index contributed by atoms with van der Waals surface area (Å²) in [5, 5.41) is 7.45. The third-order valence-corrected chi connectivity index (χ3v) is 4.85. The van der Waals surface area contributed by atoms with Gasteiger partial charge in [0.1, 0.15) is 0 Å². The van der Waals surface area contributed by atoms with E-state index in [1.165, 1.54) is 5.69 Å². The molecule has 1 aliphatic heterocycles. The summed E-state index contributed by atoms with van der Waals surface area (Å²) in [5.41, 5.74) is 1.30. The molecule has 1 aliphatic rings. The number of piperazine rings is 1. The Morgan fingerprint density at radius 3 is 2.57 bits per heavy atom. The zero-order chi connectivity index (χ0) is 19.8. The standard InChI is InChI=1S/C21H32N6O/c1-4-22-21(23-12-8-11-19-24-20(17(2)3)25-28-19)27-15-13-26(14-16-27)18-9-6-5-7-10-18/h5-7,9-10,17H,4,8,11-16H2,1-3H3,(H,22,23). The van der Waals surface area contributed by atoms with Crippen molar-refractivity contribution in [3.63, 3.8) is 0 Å². The molecule has 28 heavy (non-hydrogen) atoms. The smallest absolute Gasteiger partial charge is 0.226 e. The molecule has 0 amide bonds. The van der Waals surface area contributed by atoms with Gasteiger partial charge in [-0.1, -0.05) is 37.2 Å². The van der Waals surface area contributed by atoms with Crippen LogP contribution in [0.25, 0.3) is 0 Å². The zero-order valence-electron chi connectivity index (χ0n) is 17.3. The third kappa shape index (κ3) is 5.47.